The molecule has 1 aromatic carbocycles. The van der Waals surface area contributed by atoms with Crippen LogP contribution in [0.25, 0.3) is 0 Å². The van der Waals surface area contributed by atoms with Gasteiger partial charge >= 0.3 is 0 Å². The van der Waals surface area contributed by atoms with Gasteiger partial charge in [0.25, 0.3) is 11.8 Å². The van der Waals surface area contributed by atoms with Gasteiger partial charge in [0, 0.05) is 48.4 Å². The van der Waals surface area contributed by atoms with Crippen LogP contribution in [0.5, 0.6) is 5.75 Å². The van der Waals surface area contributed by atoms with Crippen LogP contribution in [-0.2, 0) is 11.3 Å². The van der Waals surface area contributed by atoms with E-state index in [9.17, 15) is 18.4 Å². The zero-order valence-electron chi connectivity index (χ0n) is 14.4. The zero-order chi connectivity index (χ0) is 19.4. The average molecular weight is 409 g/mol. The van der Waals surface area contributed by atoms with Gasteiger partial charge in [-0.3, -0.25) is 13.8 Å². The third-order valence-corrected chi connectivity index (χ3v) is 5.12. The molecule has 0 bridgehead atoms. The number of hydrogen-bond acceptors (Lipinski definition) is 7. The number of methoxy groups -OCH3 is 1. The van der Waals surface area contributed by atoms with Crippen LogP contribution >= 0.6 is 11.3 Å². The van der Waals surface area contributed by atoms with Gasteiger partial charge < -0.3 is 23.8 Å². The molecular weight excluding hydrogens is 392 g/mol. The number of carbonyl (C=O) groups is 2. The Balaban J connectivity index is 1.65. The fourth-order valence-corrected chi connectivity index (χ4v) is 3.65. The van der Waals surface area contributed by atoms with E-state index in [0.29, 0.717) is 37.4 Å². The van der Waals surface area contributed by atoms with E-state index in [1.54, 1.807) is 20.7 Å². The highest BCUT2D eigenvalue weighted by atomic mass is 32.2. The molecule has 0 radical (unpaired) electrons. The summed E-state index contributed by atoms with van der Waals surface area (Å²) in [5.41, 5.74) is 2.67. The lowest BCUT2D eigenvalue weighted by Gasteiger charge is -2.34. The molecule has 1 aromatic heterocycles. The number of carbonyl (C=O) groups excluding carboxylic acids is 2. The van der Waals surface area contributed by atoms with Crippen LogP contribution in [-0.4, -0.2) is 68.6 Å². The van der Waals surface area contributed by atoms with Crippen molar-refractivity contribution in [2.24, 2.45) is 0 Å². The number of piperazine rings is 1. The Kier molecular flexibility index (Phi) is 6.04. The molecule has 0 saturated carbocycles. The number of thiazole rings is 1. The lowest BCUT2D eigenvalue weighted by molar-refractivity contribution is 0.0532. The van der Waals surface area contributed by atoms with Crippen molar-refractivity contribution in [3.63, 3.8) is 0 Å². The zero-order valence-corrected chi connectivity index (χ0v) is 16.0. The second-order valence-electron chi connectivity index (χ2n) is 5.71. The second-order valence-corrected chi connectivity index (χ2v) is 7.10. The van der Waals surface area contributed by atoms with Crippen LogP contribution < -0.4 is 9.46 Å². The molecule has 1 atom stereocenters. The van der Waals surface area contributed by atoms with E-state index in [2.05, 4.69) is 9.71 Å². The number of anilines is 1. The van der Waals surface area contributed by atoms with Crippen LogP contribution in [0.2, 0.25) is 0 Å². The fourth-order valence-electron chi connectivity index (χ4n) is 2.77. The van der Waals surface area contributed by atoms with Crippen molar-refractivity contribution >= 4 is 40.1 Å². The quantitative estimate of drug-likeness (QED) is 0.736. The van der Waals surface area contributed by atoms with Gasteiger partial charge in [0.1, 0.15) is 11.4 Å². The summed E-state index contributed by atoms with van der Waals surface area (Å²) in [5.74, 6) is -0.0858. The molecule has 1 aliphatic heterocycles. The van der Waals surface area contributed by atoms with Gasteiger partial charge in [-0.2, -0.15) is 0 Å². The van der Waals surface area contributed by atoms with Crippen molar-refractivity contribution in [1.29, 1.82) is 0 Å². The summed E-state index contributed by atoms with van der Waals surface area (Å²) < 4.78 is 29.0. The van der Waals surface area contributed by atoms with Crippen molar-refractivity contribution in [2.75, 3.05) is 38.0 Å². The number of ether oxygens (including phenoxy) is 1. The van der Waals surface area contributed by atoms with Crippen molar-refractivity contribution < 1.29 is 23.1 Å². The van der Waals surface area contributed by atoms with Crippen LogP contribution in [0.4, 0.5) is 5.69 Å². The van der Waals surface area contributed by atoms with Gasteiger partial charge in [0.15, 0.2) is 0 Å². The van der Waals surface area contributed by atoms with Crippen LogP contribution in [0.3, 0.4) is 0 Å². The molecule has 144 valence electrons. The molecule has 0 spiro atoms. The molecule has 1 unspecified atom stereocenters. The monoisotopic (exact) mass is 409 g/mol. The van der Waals surface area contributed by atoms with Gasteiger partial charge in [-0.05, 0) is 18.2 Å². The maximum absolute atomic E-state index is 12.7. The predicted octanol–water partition coefficient (Wildman–Crippen LogP) is 0.956. The molecule has 11 heteroatoms. The topological polar surface area (TPSA) is 115 Å². The normalized spacial score (nSPS) is 15.3. The van der Waals surface area contributed by atoms with Crippen molar-refractivity contribution in [3.05, 3.63) is 40.3 Å². The number of benzene rings is 1. The summed E-state index contributed by atoms with van der Waals surface area (Å²) in [4.78, 5) is 32.4. The lowest BCUT2D eigenvalue weighted by atomic mass is 10.1. The highest BCUT2D eigenvalue weighted by Gasteiger charge is 2.26. The summed E-state index contributed by atoms with van der Waals surface area (Å²) in [6, 6.07) is 4.50. The third-order valence-electron chi connectivity index (χ3n) is 4.15. The Bertz CT molecular complexity index is 851. The minimum Gasteiger partial charge on any atom is -0.755 e. The number of hydrogen-bond donors (Lipinski definition) is 1. The molecule has 0 aliphatic carbocycles. The summed E-state index contributed by atoms with van der Waals surface area (Å²) in [7, 11) is 1.39. The standard InChI is InChI=1S/C16H18N4O5S2/c1-25-14-8-11(2-3-12(14)18-27(23)24)15(21)19-4-6-20(7-5-19)16(22)13-9-26-10-17-13/h2-3,8-10,18H,4-7H2,1H3,(H,23,24)/p-1. The third kappa shape index (κ3) is 4.43. The number of nitrogens with zero attached hydrogens (tertiary/aromatic N) is 3. The smallest absolute Gasteiger partial charge is 0.273 e. The van der Waals surface area contributed by atoms with Gasteiger partial charge in [-0.15, -0.1) is 11.3 Å². The summed E-state index contributed by atoms with van der Waals surface area (Å²) in [6.45, 7) is 1.66. The first-order valence-corrected chi connectivity index (χ1v) is 10.0. The Morgan fingerprint density at radius 1 is 1.22 bits per heavy atom. The molecule has 2 heterocycles. The van der Waals surface area contributed by atoms with Gasteiger partial charge in [0.05, 0.1) is 18.3 Å². The molecule has 1 saturated heterocycles. The maximum Gasteiger partial charge on any atom is 0.273 e. The number of rotatable bonds is 5. The maximum atomic E-state index is 12.7. The minimum absolute atomic E-state index is 0.133. The van der Waals surface area contributed by atoms with E-state index in [1.807, 2.05) is 0 Å². The first kappa shape index (κ1) is 19.3. The van der Waals surface area contributed by atoms with Gasteiger partial charge in [-0.25, -0.2) is 4.98 Å². The molecule has 3 rings (SSSR count). The number of aromatic nitrogens is 1. The van der Waals surface area contributed by atoms with E-state index in [0.717, 1.165) is 0 Å². The first-order valence-electron chi connectivity index (χ1n) is 8.00. The fraction of sp³-hybridized carbons (Fsp3) is 0.312. The molecule has 1 N–H and O–H groups in total. The van der Waals surface area contributed by atoms with Crippen molar-refractivity contribution in [3.8, 4) is 5.75 Å². The van der Waals surface area contributed by atoms with E-state index in [-0.39, 0.29) is 23.3 Å². The van der Waals surface area contributed by atoms with Gasteiger partial charge in [0.2, 0.25) is 0 Å². The molecule has 27 heavy (non-hydrogen) atoms. The molecule has 9 nitrogen and oxygen atoms in total. The van der Waals surface area contributed by atoms with E-state index in [4.69, 9.17) is 4.74 Å². The van der Waals surface area contributed by atoms with E-state index >= 15 is 0 Å². The summed E-state index contributed by atoms with van der Waals surface area (Å²) in [6.07, 6.45) is 0. The highest BCUT2D eigenvalue weighted by Crippen LogP contribution is 2.26. The summed E-state index contributed by atoms with van der Waals surface area (Å²) in [5, 5.41) is 1.71. The Hall–Kier alpha value is -2.50. The van der Waals surface area contributed by atoms with Crippen molar-refractivity contribution in [2.45, 2.75) is 0 Å². The van der Waals surface area contributed by atoms with E-state index < -0.39 is 11.3 Å². The molecule has 1 aliphatic rings. The van der Waals surface area contributed by atoms with Crippen LogP contribution in [0, 0.1) is 0 Å². The number of amides is 2. The highest BCUT2D eigenvalue weighted by molar-refractivity contribution is 7.80. The first-order chi connectivity index (χ1) is 13.0. The predicted molar refractivity (Wildman–Crippen MR) is 99.5 cm³/mol. The lowest BCUT2D eigenvalue weighted by Crippen LogP contribution is -2.50. The Morgan fingerprint density at radius 3 is 2.44 bits per heavy atom. The minimum atomic E-state index is -2.49. The SMILES string of the molecule is COc1cc(C(=O)N2CCN(C(=O)c3cscn3)CC2)ccc1NS(=O)[O-]. The molecule has 2 amide bonds. The van der Waals surface area contributed by atoms with Crippen LogP contribution in [0.1, 0.15) is 20.8 Å². The van der Waals surface area contributed by atoms with E-state index in [1.165, 1.54) is 36.6 Å². The number of nitrogens with one attached hydrogen (secondary N) is 1. The summed E-state index contributed by atoms with van der Waals surface area (Å²) >= 11 is -1.12. The average Bonchev–Trinajstić information content (AvgIpc) is 3.21. The second kappa shape index (κ2) is 8.46. The molecule has 1 fully saturated rings. The van der Waals surface area contributed by atoms with Crippen LogP contribution in [0.15, 0.2) is 29.1 Å². The Labute approximate surface area is 162 Å². The van der Waals surface area contributed by atoms with Gasteiger partial charge in [-0.1, -0.05) is 0 Å². The van der Waals surface area contributed by atoms with Crippen molar-refractivity contribution in [1.82, 2.24) is 14.8 Å². The molecule has 2 aromatic rings. The largest absolute Gasteiger partial charge is 0.755 e. The molecular formula is C16H17N4O5S2-. The Morgan fingerprint density at radius 2 is 1.89 bits per heavy atom.